The molecular weight excluding hydrogens is 418 g/mol. The monoisotopic (exact) mass is 461 g/mol. The molecule has 1 fully saturated rings. The Hall–Kier alpha value is -1.22. The molecule has 0 saturated carbocycles. The molecule has 3 heterocycles. The number of benzene rings is 1. The van der Waals surface area contributed by atoms with Gasteiger partial charge in [0.15, 0.2) is 0 Å². The Morgan fingerprint density at radius 1 is 1.00 bits per heavy atom. The molecule has 0 aliphatic carbocycles. The van der Waals surface area contributed by atoms with Crippen LogP contribution >= 0.6 is 0 Å². The van der Waals surface area contributed by atoms with Crippen LogP contribution in [0.15, 0.2) is 12.1 Å². The lowest BCUT2D eigenvalue weighted by atomic mass is 9.86. The lowest BCUT2D eigenvalue weighted by Gasteiger charge is -2.36. The summed E-state index contributed by atoms with van der Waals surface area (Å²) in [5, 5.41) is 38.5. The van der Waals surface area contributed by atoms with Crippen molar-refractivity contribution < 1.29 is 20.3 Å². The molecular formula is C26H43N3O4. The maximum Gasteiger partial charge on any atom is 0.126 e. The number of ether oxygens (including phenoxy) is 1. The molecule has 3 atom stereocenters. The second-order valence-electron chi connectivity index (χ2n) is 12.5. The van der Waals surface area contributed by atoms with E-state index in [0.717, 1.165) is 48.2 Å². The van der Waals surface area contributed by atoms with Crippen LogP contribution in [-0.4, -0.2) is 62.0 Å². The molecule has 186 valence electrons. The van der Waals surface area contributed by atoms with Gasteiger partial charge in [-0.1, -0.05) is 0 Å². The predicted molar refractivity (Wildman–Crippen MR) is 128 cm³/mol. The van der Waals surface area contributed by atoms with Gasteiger partial charge in [-0.3, -0.25) is 0 Å². The van der Waals surface area contributed by atoms with Crippen LogP contribution < -0.4 is 10.1 Å². The van der Waals surface area contributed by atoms with Gasteiger partial charge in [-0.15, -0.1) is 0 Å². The minimum Gasteiger partial charge on any atom is -0.487 e. The van der Waals surface area contributed by atoms with Crippen LogP contribution in [0.25, 0.3) is 0 Å². The van der Waals surface area contributed by atoms with Gasteiger partial charge in [-0.25, -0.2) is 0 Å². The normalized spacial score (nSPS) is 30.5. The predicted octanol–water partition coefficient (Wildman–Crippen LogP) is 3.77. The number of aliphatic hydroxyl groups excluding tert-OH is 1. The molecule has 3 unspecified atom stereocenters. The highest BCUT2D eigenvalue weighted by atomic mass is 16.5. The topological polar surface area (TPSA) is 88.4 Å². The Morgan fingerprint density at radius 3 is 2.18 bits per heavy atom. The van der Waals surface area contributed by atoms with E-state index in [9.17, 15) is 15.5 Å². The Kier molecular flexibility index (Phi) is 5.96. The molecule has 0 radical (unpaired) electrons. The summed E-state index contributed by atoms with van der Waals surface area (Å²) in [5.74, 6) is 1.10. The Balaban J connectivity index is 1.40. The molecule has 0 amide bonds. The van der Waals surface area contributed by atoms with Crippen molar-refractivity contribution in [3.8, 4) is 5.75 Å². The van der Waals surface area contributed by atoms with E-state index in [1.807, 2.05) is 27.7 Å². The van der Waals surface area contributed by atoms with Gasteiger partial charge in [-0.05, 0) is 116 Å². The third-order valence-corrected chi connectivity index (χ3v) is 8.59. The maximum absolute atomic E-state index is 10.9. The molecule has 7 heteroatoms. The van der Waals surface area contributed by atoms with E-state index in [-0.39, 0.29) is 23.1 Å². The molecule has 33 heavy (non-hydrogen) atoms. The molecule has 3 aliphatic rings. The van der Waals surface area contributed by atoms with Gasteiger partial charge in [0.2, 0.25) is 0 Å². The molecule has 0 aromatic heterocycles. The first-order chi connectivity index (χ1) is 15.1. The number of nitrogens with zero attached hydrogens (tertiary/aromatic N) is 2. The molecule has 0 spiro atoms. The van der Waals surface area contributed by atoms with Crippen molar-refractivity contribution in [1.29, 1.82) is 0 Å². The van der Waals surface area contributed by atoms with Crippen LogP contribution in [0, 0.1) is 5.92 Å². The fourth-order valence-corrected chi connectivity index (χ4v) is 6.41. The van der Waals surface area contributed by atoms with Gasteiger partial charge in [0.05, 0.1) is 11.1 Å². The first-order valence-electron chi connectivity index (χ1n) is 12.3. The summed E-state index contributed by atoms with van der Waals surface area (Å²) in [6.45, 7) is 17.6. The average Bonchev–Trinajstić information content (AvgIpc) is 2.98. The van der Waals surface area contributed by atoms with Gasteiger partial charge in [0.1, 0.15) is 18.0 Å². The van der Waals surface area contributed by atoms with E-state index >= 15 is 0 Å². The molecule has 1 aromatic carbocycles. The second-order valence-corrected chi connectivity index (χ2v) is 12.5. The van der Waals surface area contributed by atoms with Crippen LogP contribution in [0.5, 0.6) is 5.75 Å². The summed E-state index contributed by atoms with van der Waals surface area (Å²) < 4.78 is 6.29. The van der Waals surface area contributed by atoms with Gasteiger partial charge >= 0.3 is 0 Å². The van der Waals surface area contributed by atoms with E-state index < -0.39 is 17.2 Å². The SMILES string of the molecule is CC1(C)CC(CNCC(O)C2CCc3cc4c(cc3O2)C(C)(C)N(O)C4(C)C)C(C)(C)N1O. The van der Waals surface area contributed by atoms with Gasteiger partial charge in [-0.2, -0.15) is 10.1 Å². The van der Waals surface area contributed by atoms with Crippen LogP contribution in [0.4, 0.5) is 0 Å². The fraction of sp³-hybridized carbons (Fsp3) is 0.769. The quantitative estimate of drug-likeness (QED) is 0.531. The van der Waals surface area contributed by atoms with E-state index in [1.54, 1.807) is 0 Å². The van der Waals surface area contributed by atoms with Crippen molar-refractivity contribution >= 4 is 0 Å². The molecule has 4 N–H and O–H groups in total. The molecule has 4 rings (SSSR count). The molecule has 0 bridgehead atoms. The minimum atomic E-state index is -0.618. The number of hydrogen-bond donors (Lipinski definition) is 4. The number of hydrogen-bond acceptors (Lipinski definition) is 7. The zero-order valence-electron chi connectivity index (χ0n) is 21.6. The van der Waals surface area contributed by atoms with E-state index in [1.165, 1.54) is 10.1 Å². The first kappa shape index (κ1) is 24.9. The Labute approximate surface area is 198 Å². The van der Waals surface area contributed by atoms with Crippen molar-refractivity contribution in [3.63, 3.8) is 0 Å². The van der Waals surface area contributed by atoms with Crippen molar-refractivity contribution in [2.75, 3.05) is 13.1 Å². The maximum atomic E-state index is 10.9. The summed E-state index contributed by atoms with van der Waals surface area (Å²) in [5.41, 5.74) is 1.82. The Morgan fingerprint density at radius 2 is 1.61 bits per heavy atom. The van der Waals surface area contributed by atoms with Gasteiger partial charge in [0.25, 0.3) is 0 Å². The van der Waals surface area contributed by atoms with Gasteiger partial charge in [0, 0.05) is 17.6 Å². The highest BCUT2D eigenvalue weighted by molar-refractivity contribution is 5.51. The third kappa shape index (κ3) is 3.91. The molecule has 1 aromatic rings. The number of hydroxylamine groups is 4. The van der Waals surface area contributed by atoms with Crippen LogP contribution in [-0.2, 0) is 17.5 Å². The second kappa shape index (κ2) is 7.90. The highest BCUT2D eigenvalue weighted by Gasteiger charge is 2.51. The highest BCUT2D eigenvalue weighted by Crippen LogP contribution is 2.50. The van der Waals surface area contributed by atoms with Gasteiger partial charge < -0.3 is 25.6 Å². The third-order valence-electron chi connectivity index (χ3n) is 8.59. The summed E-state index contributed by atoms with van der Waals surface area (Å²) in [7, 11) is 0. The standard InChI is InChI=1S/C26H43N3O4/c1-23(2)13-17(24(3,4)28(23)31)14-27-15-20(30)21-10-9-16-11-18-19(12-22(16)33-21)26(7,8)29(32)25(18,5)6/h11-12,17,20-21,27,30-32H,9-10,13-15H2,1-8H3. The largest absolute Gasteiger partial charge is 0.487 e. The summed E-state index contributed by atoms with van der Waals surface area (Å²) in [6.07, 6.45) is 1.61. The van der Waals surface area contributed by atoms with E-state index in [0.29, 0.717) is 6.54 Å². The summed E-state index contributed by atoms with van der Waals surface area (Å²) in [4.78, 5) is 0. The van der Waals surface area contributed by atoms with E-state index in [2.05, 4.69) is 45.1 Å². The van der Waals surface area contributed by atoms with Crippen molar-refractivity contribution in [3.05, 3.63) is 28.8 Å². The van der Waals surface area contributed by atoms with Crippen molar-refractivity contribution in [2.24, 2.45) is 5.92 Å². The lowest BCUT2D eigenvalue weighted by molar-refractivity contribution is -0.216. The minimum absolute atomic E-state index is 0.253. The van der Waals surface area contributed by atoms with E-state index in [4.69, 9.17) is 4.74 Å². The molecule has 1 saturated heterocycles. The summed E-state index contributed by atoms with van der Waals surface area (Å²) >= 11 is 0. The number of aliphatic hydroxyl groups is 1. The number of fused-ring (bicyclic) bond motifs is 2. The zero-order valence-corrected chi connectivity index (χ0v) is 21.6. The first-order valence-corrected chi connectivity index (χ1v) is 12.3. The van der Waals surface area contributed by atoms with Crippen LogP contribution in [0.1, 0.15) is 84.9 Å². The fourth-order valence-electron chi connectivity index (χ4n) is 6.41. The zero-order chi connectivity index (χ0) is 24.6. The number of aryl methyl sites for hydroxylation is 1. The molecule has 3 aliphatic heterocycles. The Bertz CT molecular complexity index is 911. The smallest absolute Gasteiger partial charge is 0.126 e. The van der Waals surface area contributed by atoms with Crippen LogP contribution in [0.2, 0.25) is 0 Å². The van der Waals surface area contributed by atoms with Crippen LogP contribution in [0.3, 0.4) is 0 Å². The number of rotatable bonds is 5. The average molecular weight is 462 g/mol. The molecule has 7 nitrogen and oxygen atoms in total. The lowest BCUT2D eigenvalue weighted by Crippen LogP contribution is -2.49. The van der Waals surface area contributed by atoms with Crippen molar-refractivity contribution in [2.45, 2.75) is 109 Å². The number of nitrogens with one attached hydrogen (secondary N) is 1. The summed E-state index contributed by atoms with van der Waals surface area (Å²) in [6, 6.07) is 4.24. The van der Waals surface area contributed by atoms with Crippen molar-refractivity contribution in [1.82, 2.24) is 15.4 Å².